The number of amides is 1. The van der Waals surface area contributed by atoms with Crippen LogP contribution in [0.1, 0.15) is 27.2 Å². The van der Waals surface area contributed by atoms with E-state index in [9.17, 15) is 18.0 Å². The molecule has 1 aliphatic rings. The molecular formula is C15H28F3N5O. The number of carbonyl (C=O) groups excluding carboxylic acids is 1. The van der Waals surface area contributed by atoms with Crippen molar-refractivity contribution in [3.63, 3.8) is 0 Å². The predicted molar refractivity (Wildman–Crippen MR) is 87.9 cm³/mol. The largest absolute Gasteiger partial charge is 0.401 e. The number of likely N-dealkylation sites (tertiary alicyclic amines) is 1. The molecule has 24 heavy (non-hydrogen) atoms. The van der Waals surface area contributed by atoms with E-state index in [1.165, 1.54) is 4.90 Å². The van der Waals surface area contributed by atoms with Gasteiger partial charge in [-0.3, -0.25) is 14.7 Å². The summed E-state index contributed by atoms with van der Waals surface area (Å²) in [6.07, 6.45) is -3.53. The van der Waals surface area contributed by atoms with Crippen LogP contribution in [0.3, 0.4) is 0 Å². The van der Waals surface area contributed by atoms with Gasteiger partial charge < -0.3 is 16.0 Å². The van der Waals surface area contributed by atoms with Crippen molar-refractivity contribution >= 4 is 11.9 Å². The second kappa shape index (κ2) is 8.55. The van der Waals surface area contributed by atoms with Gasteiger partial charge in [0.2, 0.25) is 5.91 Å². The van der Waals surface area contributed by atoms with Crippen molar-refractivity contribution in [2.75, 3.05) is 39.8 Å². The molecule has 140 valence electrons. The Morgan fingerprint density at radius 2 is 1.83 bits per heavy atom. The molecule has 9 heteroatoms. The summed E-state index contributed by atoms with van der Waals surface area (Å²) in [7, 11) is 1.60. The molecule has 1 aliphatic heterocycles. The minimum absolute atomic E-state index is 0.0363. The van der Waals surface area contributed by atoms with Crippen molar-refractivity contribution in [3.8, 4) is 0 Å². The van der Waals surface area contributed by atoms with E-state index in [0.717, 1.165) is 0 Å². The highest BCUT2D eigenvalue weighted by Gasteiger charge is 2.34. The van der Waals surface area contributed by atoms with E-state index in [1.807, 2.05) is 20.8 Å². The van der Waals surface area contributed by atoms with Crippen LogP contribution in [0.2, 0.25) is 0 Å². The number of nitrogens with zero attached hydrogens (tertiary/aromatic N) is 2. The van der Waals surface area contributed by atoms with E-state index < -0.39 is 18.1 Å². The first kappa shape index (κ1) is 20.5. The third-order valence-corrected chi connectivity index (χ3v) is 3.62. The van der Waals surface area contributed by atoms with E-state index >= 15 is 0 Å². The smallest absolute Gasteiger partial charge is 0.355 e. The summed E-state index contributed by atoms with van der Waals surface area (Å²) in [6, 6.07) is -0.0669. The lowest BCUT2D eigenvalue weighted by molar-refractivity contribution is -0.143. The van der Waals surface area contributed by atoms with Crippen LogP contribution in [0, 0.1) is 5.41 Å². The molecule has 1 saturated heterocycles. The van der Waals surface area contributed by atoms with E-state index in [4.69, 9.17) is 0 Å². The Balaban J connectivity index is 2.28. The fourth-order valence-electron chi connectivity index (χ4n) is 2.36. The summed E-state index contributed by atoms with van der Waals surface area (Å²) in [6.45, 7) is 6.31. The molecule has 1 heterocycles. The Morgan fingerprint density at radius 3 is 2.38 bits per heavy atom. The van der Waals surface area contributed by atoms with Crippen molar-refractivity contribution in [2.24, 2.45) is 10.4 Å². The van der Waals surface area contributed by atoms with Crippen LogP contribution in [0.5, 0.6) is 0 Å². The summed E-state index contributed by atoms with van der Waals surface area (Å²) < 4.78 is 37.2. The van der Waals surface area contributed by atoms with Crippen LogP contribution in [-0.4, -0.2) is 68.8 Å². The van der Waals surface area contributed by atoms with Gasteiger partial charge in [-0.2, -0.15) is 13.2 Å². The van der Waals surface area contributed by atoms with Crippen molar-refractivity contribution in [3.05, 3.63) is 0 Å². The third kappa shape index (κ3) is 7.85. The summed E-state index contributed by atoms with van der Waals surface area (Å²) in [5, 5.41) is 8.98. The van der Waals surface area contributed by atoms with Crippen molar-refractivity contribution in [2.45, 2.75) is 39.4 Å². The van der Waals surface area contributed by atoms with Crippen LogP contribution >= 0.6 is 0 Å². The van der Waals surface area contributed by atoms with E-state index in [-0.39, 0.29) is 11.9 Å². The first-order chi connectivity index (χ1) is 11.0. The highest BCUT2D eigenvalue weighted by molar-refractivity contribution is 5.82. The predicted octanol–water partition coefficient (Wildman–Crippen LogP) is 0.950. The maximum atomic E-state index is 12.4. The number of carbonyl (C=O) groups is 1. The van der Waals surface area contributed by atoms with Gasteiger partial charge in [0, 0.05) is 44.7 Å². The number of aliphatic imine (C=N–C) groups is 1. The molecule has 1 unspecified atom stereocenters. The molecule has 1 rings (SSSR count). The van der Waals surface area contributed by atoms with Crippen molar-refractivity contribution < 1.29 is 18.0 Å². The Morgan fingerprint density at radius 1 is 1.21 bits per heavy atom. The zero-order valence-corrected chi connectivity index (χ0v) is 14.8. The van der Waals surface area contributed by atoms with Gasteiger partial charge >= 0.3 is 6.18 Å². The lowest BCUT2D eigenvalue weighted by Crippen LogP contribution is -2.47. The van der Waals surface area contributed by atoms with Gasteiger partial charge in [0.1, 0.15) is 0 Å². The number of alkyl halides is 3. The Hall–Kier alpha value is -1.51. The van der Waals surface area contributed by atoms with E-state index in [0.29, 0.717) is 38.6 Å². The summed E-state index contributed by atoms with van der Waals surface area (Å²) in [4.78, 5) is 17.2. The second-order valence-corrected chi connectivity index (χ2v) is 6.99. The SMILES string of the molecule is CN=C(NCCNC(=O)C(C)(C)C)NC1CCN(CC(F)(F)F)C1. The monoisotopic (exact) mass is 351 g/mol. The molecule has 0 saturated carbocycles. The average Bonchev–Trinajstić information content (AvgIpc) is 2.85. The number of nitrogens with one attached hydrogen (secondary N) is 3. The molecule has 0 radical (unpaired) electrons. The second-order valence-electron chi connectivity index (χ2n) is 6.99. The molecule has 0 aromatic rings. The number of rotatable bonds is 5. The van der Waals surface area contributed by atoms with Gasteiger partial charge in [0.15, 0.2) is 5.96 Å². The molecule has 0 spiro atoms. The molecule has 0 aromatic heterocycles. The lowest BCUT2D eigenvalue weighted by atomic mass is 9.96. The standard InChI is InChI=1S/C15H28F3N5O/c1-14(2,3)12(24)20-6-7-21-13(19-4)22-11-5-8-23(9-11)10-15(16,17)18/h11H,5-10H2,1-4H3,(H,20,24)(H2,19,21,22). The molecular weight excluding hydrogens is 323 g/mol. The number of hydrogen-bond acceptors (Lipinski definition) is 3. The van der Waals surface area contributed by atoms with Crippen LogP contribution in [-0.2, 0) is 4.79 Å². The fourth-order valence-corrected chi connectivity index (χ4v) is 2.36. The third-order valence-electron chi connectivity index (χ3n) is 3.62. The van der Waals surface area contributed by atoms with Gasteiger partial charge in [0.25, 0.3) is 0 Å². The molecule has 1 fully saturated rings. The van der Waals surface area contributed by atoms with Crippen LogP contribution in [0.4, 0.5) is 13.2 Å². The molecule has 6 nitrogen and oxygen atoms in total. The highest BCUT2D eigenvalue weighted by Crippen LogP contribution is 2.19. The van der Waals surface area contributed by atoms with Crippen LogP contribution in [0.25, 0.3) is 0 Å². The molecule has 3 N–H and O–H groups in total. The molecule has 1 amide bonds. The van der Waals surface area contributed by atoms with Crippen molar-refractivity contribution in [1.29, 1.82) is 0 Å². The molecule has 0 aliphatic carbocycles. The summed E-state index contributed by atoms with van der Waals surface area (Å²) in [5.41, 5.74) is -0.439. The fraction of sp³-hybridized carbons (Fsp3) is 0.867. The topological polar surface area (TPSA) is 68.8 Å². The summed E-state index contributed by atoms with van der Waals surface area (Å²) >= 11 is 0. The van der Waals surface area contributed by atoms with E-state index in [2.05, 4.69) is 20.9 Å². The van der Waals surface area contributed by atoms with Gasteiger partial charge in [-0.15, -0.1) is 0 Å². The van der Waals surface area contributed by atoms with Gasteiger partial charge in [-0.1, -0.05) is 20.8 Å². The van der Waals surface area contributed by atoms with Gasteiger partial charge in [-0.25, -0.2) is 0 Å². The number of guanidine groups is 1. The zero-order valence-electron chi connectivity index (χ0n) is 14.8. The zero-order chi connectivity index (χ0) is 18.4. The first-order valence-electron chi connectivity index (χ1n) is 8.06. The normalized spacial score (nSPS) is 20.1. The van der Waals surface area contributed by atoms with Gasteiger partial charge in [-0.05, 0) is 6.42 Å². The maximum Gasteiger partial charge on any atom is 0.401 e. The summed E-state index contributed by atoms with van der Waals surface area (Å²) in [5.74, 6) is 0.490. The number of halogens is 3. The molecule has 0 aromatic carbocycles. The Labute approximate surface area is 141 Å². The molecule has 0 bridgehead atoms. The minimum Gasteiger partial charge on any atom is -0.355 e. The number of hydrogen-bond donors (Lipinski definition) is 3. The lowest BCUT2D eigenvalue weighted by Gasteiger charge is -2.20. The van der Waals surface area contributed by atoms with Gasteiger partial charge in [0.05, 0.1) is 6.54 Å². The first-order valence-corrected chi connectivity index (χ1v) is 8.06. The maximum absolute atomic E-state index is 12.4. The quantitative estimate of drug-likeness (QED) is 0.392. The highest BCUT2D eigenvalue weighted by atomic mass is 19.4. The van der Waals surface area contributed by atoms with Crippen LogP contribution in [0.15, 0.2) is 4.99 Å². The van der Waals surface area contributed by atoms with Crippen LogP contribution < -0.4 is 16.0 Å². The van der Waals surface area contributed by atoms with Crippen molar-refractivity contribution in [1.82, 2.24) is 20.9 Å². The Kier molecular flexibility index (Phi) is 7.31. The Bertz CT molecular complexity index is 445. The van der Waals surface area contributed by atoms with E-state index in [1.54, 1.807) is 7.05 Å². The minimum atomic E-state index is -4.17. The molecule has 1 atom stereocenters. The average molecular weight is 351 g/mol.